The molecule has 2 aliphatic rings. The average molecular weight is 382 g/mol. The molecule has 4 rings (SSSR count). The molecule has 0 aromatic carbocycles. The SMILES string of the molecule is O=S(=O)(c1cn(C2CCCC2)nc1-c1cccs1)N1CCC(O)CC1. The summed E-state index contributed by atoms with van der Waals surface area (Å²) in [4.78, 5) is 1.19. The van der Waals surface area contributed by atoms with Gasteiger partial charge in [-0.15, -0.1) is 11.3 Å². The van der Waals surface area contributed by atoms with Crippen LogP contribution in [0.4, 0.5) is 0 Å². The van der Waals surface area contributed by atoms with Crippen molar-refractivity contribution in [2.45, 2.75) is 55.6 Å². The minimum absolute atomic E-state index is 0.297. The molecule has 0 bridgehead atoms. The zero-order chi connectivity index (χ0) is 17.4. The molecule has 0 radical (unpaired) electrons. The second-order valence-electron chi connectivity index (χ2n) is 6.87. The highest BCUT2D eigenvalue weighted by molar-refractivity contribution is 7.89. The fraction of sp³-hybridized carbons (Fsp3) is 0.588. The van der Waals surface area contributed by atoms with E-state index >= 15 is 0 Å². The van der Waals surface area contributed by atoms with E-state index in [0.29, 0.717) is 42.6 Å². The number of hydrogen-bond acceptors (Lipinski definition) is 5. The molecule has 1 saturated carbocycles. The van der Waals surface area contributed by atoms with E-state index in [-0.39, 0.29) is 0 Å². The van der Waals surface area contributed by atoms with Crippen LogP contribution in [0.1, 0.15) is 44.6 Å². The predicted molar refractivity (Wildman–Crippen MR) is 97.0 cm³/mol. The summed E-state index contributed by atoms with van der Waals surface area (Å²) in [7, 11) is -3.61. The molecule has 6 nitrogen and oxygen atoms in total. The molecule has 0 unspecified atom stereocenters. The minimum atomic E-state index is -3.61. The summed E-state index contributed by atoms with van der Waals surface area (Å²) in [6.07, 6.45) is 6.77. The molecule has 1 aliphatic heterocycles. The van der Waals surface area contributed by atoms with Gasteiger partial charge < -0.3 is 5.11 Å². The third kappa shape index (κ3) is 3.28. The first-order valence-corrected chi connectivity index (χ1v) is 11.2. The van der Waals surface area contributed by atoms with E-state index in [2.05, 4.69) is 5.10 Å². The molecular weight excluding hydrogens is 358 g/mol. The molecule has 0 amide bonds. The van der Waals surface area contributed by atoms with Crippen LogP contribution in [0, 0.1) is 0 Å². The van der Waals surface area contributed by atoms with Gasteiger partial charge in [-0.05, 0) is 37.1 Å². The molecule has 0 atom stereocenters. The Balaban J connectivity index is 1.74. The van der Waals surface area contributed by atoms with Gasteiger partial charge in [0.05, 0.1) is 17.0 Å². The van der Waals surface area contributed by atoms with Gasteiger partial charge in [0.25, 0.3) is 0 Å². The van der Waals surface area contributed by atoms with Crippen LogP contribution in [0.5, 0.6) is 0 Å². The first kappa shape index (κ1) is 17.2. The molecule has 0 spiro atoms. The minimum Gasteiger partial charge on any atom is -0.393 e. The number of aromatic nitrogens is 2. The molecule has 1 aliphatic carbocycles. The van der Waals surface area contributed by atoms with Crippen LogP contribution >= 0.6 is 11.3 Å². The van der Waals surface area contributed by atoms with E-state index in [1.807, 2.05) is 22.2 Å². The Kier molecular flexibility index (Phi) is 4.70. The van der Waals surface area contributed by atoms with E-state index in [1.54, 1.807) is 6.20 Å². The van der Waals surface area contributed by atoms with Crippen molar-refractivity contribution in [3.8, 4) is 10.6 Å². The molecule has 2 aromatic heterocycles. The van der Waals surface area contributed by atoms with Gasteiger partial charge in [-0.3, -0.25) is 4.68 Å². The van der Waals surface area contributed by atoms with Crippen LogP contribution in [-0.4, -0.2) is 46.8 Å². The molecule has 2 fully saturated rings. The molecular formula is C17H23N3O3S2. The summed E-state index contributed by atoms with van der Waals surface area (Å²) in [6.45, 7) is 0.726. The van der Waals surface area contributed by atoms with Crippen molar-refractivity contribution in [3.63, 3.8) is 0 Å². The van der Waals surface area contributed by atoms with Crippen LogP contribution in [0.25, 0.3) is 10.6 Å². The van der Waals surface area contributed by atoms with E-state index in [1.165, 1.54) is 28.5 Å². The van der Waals surface area contributed by atoms with Gasteiger partial charge in [-0.1, -0.05) is 18.9 Å². The standard InChI is InChI=1S/C17H23N3O3S2/c21-14-7-9-19(10-8-14)25(22,23)16-12-20(13-4-1-2-5-13)18-17(16)15-6-3-11-24-15/h3,6,11-14,21H,1-2,4-5,7-10H2. The van der Waals surface area contributed by atoms with Crippen LogP contribution in [0.15, 0.2) is 28.6 Å². The topological polar surface area (TPSA) is 75.4 Å². The normalized spacial score (nSPS) is 21.2. The van der Waals surface area contributed by atoms with Gasteiger partial charge in [-0.2, -0.15) is 9.40 Å². The largest absolute Gasteiger partial charge is 0.393 e. The number of hydrogen-bond donors (Lipinski definition) is 1. The Labute approximate surface area is 152 Å². The molecule has 8 heteroatoms. The quantitative estimate of drug-likeness (QED) is 0.884. The lowest BCUT2D eigenvalue weighted by Crippen LogP contribution is -2.40. The monoisotopic (exact) mass is 381 g/mol. The number of sulfonamides is 1. The zero-order valence-electron chi connectivity index (χ0n) is 14.0. The number of piperidine rings is 1. The van der Waals surface area contributed by atoms with Crippen molar-refractivity contribution in [3.05, 3.63) is 23.7 Å². The number of rotatable bonds is 4. The van der Waals surface area contributed by atoms with Crippen molar-refractivity contribution in [2.24, 2.45) is 0 Å². The van der Waals surface area contributed by atoms with Crippen molar-refractivity contribution in [1.82, 2.24) is 14.1 Å². The Morgan fingerprint density at radius 2 is 1.88 bits per heavy atom. The smallest absolute Gasteiger partial charge is 0.246 e. The van der Waals surface area contributed by atoms with Crippen LogP contribution in [0.3, 0.4) is 0 Å². The number of thiophene rings is 1. The predicted octanol–water partition coefficient (Wildman–Crippen LogP) is 2.87. The maximum Gasteiger partial charge on any atom is 0.246 e. The zero-order valence-corrected chi connectivity index (χ0v) is 15.7. The summed E-state index contributed by atoms with van der Waals surface area (Å²) in [5.41, 5.74) is 0.563. The molecule has 2 aromatic rings. The van der Waals surface area contributed by atoms with Gasteiger partial charge in [0, 0.05) is 19.3 Å². The summed E-state index contributed by atoms with van der Waals surface area (Å²) >= 11 is 1.51. The van der Waals surface area contributed by atoms with E-state index in [4.69, 9.17) is 0 Å². The highest BCUT2D eigenvalue weighted by Crippen LogP contribution is 2.36. The molecule has 25 heavy (non-hydrogen) atoms. The van der Waals surface area contributed by atoms with Gasteiger partial charge >= 0.3 is 0 Å². The first-order valence-electron chi connectivity index (χ1n) is 8.87. The molecule has 3 heterocycles. The van der Waals surface area contributed by atoms with Gasteiger partial charge in [0.2, 0.25) is 10.0 Å². The van der Waals surface area contributed by atoms with Crippen LogP contribution < -0.4 is 0 Å². The van der Waals surface area contributed by atoms with E-state index in [0.717, 1.165) is 17.7 Å². The summed E-state index contributed by atoms with van der Waals surface area (Å²) in [5.74, 6) is 0. The molecule has 136 valence electrons. The lowest BCUT2D eigenvalue weighted by Gasteiger charge is -2.28. The number of aliphatic hydroxyl groups is 1. The lowest BCUT2D eigenvalue weighted by atomic mass is 10.1. The second-order valence-corrected chi connectivity index (χ2v) is 9.73. The number of aliphatic hydroxyl groups excluding tert-OH is 1. The Morgan fingerprint density at radius 1 is 1.16 bits per heavy atom. The number of nitrogens with zero attached hydrogens (tertiary/aromatic N) is 3. The van der Waals surface area contributed by atoms with Crippen LogP contribution in [-0.2, 0) is 10.0 Å². The third-order valence-electron chi connectivity index (χ3n) is 5.19. The second kappa shape index (κ2) is 6.83. The third-order valence-corrected chi connectivity index (χ3v) is 7.97. The molecule has 1 saturated heterocycles. The summed E-state index contributed by atoms with van der Waals surface area (Å²) in [6, 6.07) is 4.14. The van der Waals surface area contributed by atoms with Gasteiger partial charge in [0.1, 0.15) is 10.6 Å². The van der Waals surface area contributed by atoms with Gasteiger partial charge in [0.15, 0.2) is 0 Å². The van der Waals surface area contributed by atoms with Gasteiger partial charge in [-0.25, -0.2) is 8.42 Å². The maximum atomic E-state index is 13.2. The van der Waals surface area contributed by atoms with Crippen molar-refractivity contribution < 1.29 is 13.5 Å². The van der Waals surface area contributed by atoms with Crippen molar-refractivity contribution >= 4 is 21.4 Å². The van der Waals surface area contributed by atoms with Crippen molar-refractivity contribution in [1.29, 1.82) is 0 Å². The molecule has 1 N–H and O–H groups in total. The summed E-state index contributed by atoms with van der Waals surface area (Å²) < 4.78 is 29.8. The fourth-order valence-corrected chi connectivity index (χ4v) is 6.12. The lowest BCUT2D eigenvalue weighted by molar-refractivity contribution is 0.113. The van der Waals surface area contributed by atoms with E-state index in [9.17, 15) is 13.5 Å². The highest BCUT2D eigenvalue weighted by atomic mass is 32.2. The fourth-order valence-electron chi connectivity index (χ4n) is 3.73. The Morgan fingerprint density at radius 3 is 2.52 bits per heavy atom. The first-order chi connectivity index (χ1) is 12.1. The van der Waals surface area contributed by atoms with Crippen LogP contribution in [0.2, 0.25) is 0 Å². The van der Waals surface area contributed by atoms with E-state index < -0.39 is 16.1 Å². The Bertz CT molecular complexity index is 815. The highest BCUT2D eigenvalue weighted by Gasteiger charge is 2.34. The average Bonchev–Trinajstić information content (AvgIpc) is 3.34. The maximum absolute atomic E-state index is 13.2. The van der Waals surface area contributed by atoms with Crippen molar-refractivity contribution in [2.75, 3.05) is 13.1 Å². The Hall–Kier alpha value is -1.22. The summed E-state index contributed by atoms with van der Waals surface area (Å²) in [5, 5.41) is 16.3.